The van der Waals surface area contributed by atoms with E-state index >= 15 is 0 Å². The van der Waals surface area contributed by atoms with Crippen LogP contribution in [0.1, 0.15) is 65.5 Å². The van der Waals surface area contributed by atoms with Crippen molar-refractivity contribution in [2.24, 2.45) is 34.0 Å². The molecule has 3 aliphatic rings. The lowest BCUT2D eigenvalue weighted by atomic mass is 9.44. The number of ketones is 1. The van der Waals surface area contributed by atoms with E-state index in [1.54, 1.807) is 0 Å². The molecule has 0 aliphatic heterocycles. The topological polar surface area (TPSA) is 103 Å². The second kappa shape index (κ2) is 9.25. The maximum atomic E-state index is 13.4. The van der Waals surface area contributed by atoms with Gasteiger partial charge in [0.1, 0.15) is 11.9 Å². The van der Waals surface area contributed by atoms with Crippen molar-refractivity contribution in [3.8, 4) is 0 Å². The number of anilines is 1. The average molecular weight is 507 g/mol. The number of thiazole rings is 1. The summed E-state index contributed by atoms with van der Waals surface area (Å²) < 4.78 is 6.25. The number of carbonyl (C=O) groups is 2. The van der Waals surface area contributed by atoms with E-state index in [-0.39, 0.29) is 40.7 Å². The third-order valence-corrected chi connectivity index (χ3v) is 11.3. The van der Waals surface area contributed by atoms with E-state index < -0.39 is 23.0 Å². The monoisotopic (exact) mass is 506 g/mol. The number of carbonyl (C=O) groups excluding carboxylic acids is 2. The predicted molar refractivity (Wildman–Crippen MR) is 137 cm³/mol. The maximum Gasteiger partial charge on any atom is 0.316 e. The first-order valence-corrected chi connectivity index (χ1v) is 14.3. The van der Waals surface area contributed by atoms with Crippen LogP contribution in [-0.4, -0.2) is 39.8 Å². The van der Waals surface area contributed by atoms with Gasteiger partial charge in [0.2, 0.25) is 0 Å². The molecule has 3 saturated carbocycles. The zero-order valence-electron chi connectivity index (χ0n) is 20.7. The Morgan fingerprint density at radius 3 is 2.79 bits per heavy atom. The quantitative estimate of drug-likeness (QED) is 0.419. The van der Waals surface area contributed by atoms with Crippen molar-refractivity contribution in [2.45, 2.75) is 77.8 Å². The van der Waals surface area contributed by atoms with Crippen molar-refractivity contribution < 1.29 is 19.4 Å². The second-order valence-corrected chi connectivity index (χ2v) is 13.1. The molecule has 3 aliphatic carbocycles. The van der Waals surface area contributed by atoms with Gasteiger partial charge < -0.3 is 15.6 Å². The second-order valence-electron chi connectivity index (χ2n) is 11.2. The molecule has 1 unspecified atom stereocenters. The molecular weight excluding hydrogens is 468 g/mol. The number of thioether (sulfide) groups is 1. The molecule has 3 N–H and O–H groups in total. The number of nitrogens with two attached hydrogens (primary N) is 1. The molecule has 1 heterocycles. The molecule has 6 nitrogen and oxygen atoms in total. The van der Waals surface area contributed by atoms with Gasteiger partial charge in [-0.2, -0.15) is 0 Å². The lowest BCUT2D eigenvalue weighted by Crippen LogP contribution is -2.63. The Hall–Kier alpha value is -1.38. The third kappa shape index (κ3) is 4.03. The highest BCUT2D eigenvalue weighted by atomic mass is 32.2. The molecule has 8 heteroatoms. The molecule has 34 heavy (non-hydrogen) atoms. The highest BCUT2D eigenvalue weighted by Crippen LogP contribution is 2.68. The minimum absolute atomic E-state index is 0.0310. The highest BCUT2D eigenvalue weighted by molar-refractivity contribution is 7.99. The predicted octanol–water partition coefficient (Wildman–Crippen LogP) is 4.87. The first kappa shape index (κ1) is 25.7. The summed E-state index contributed by atoms with van der Waals surface area (Å²) in [4.78, 5) is 30.7. The molecule has 3 fully saturated rings. The van der Waals surface area contributed by atoms with Crippen molar-refractivity contribution in [3.05, 3.63) is 23.7 Å². The van der Waals surface area contributed by atoms with E-state index in [1.165, 1.54) is 23.1 Å². The SMILES string of the molecule is C=C[C@]1(C)C[C@@H](OC(=O)CSCc2csc(N)n2)[C@]2(C)C(C)CC[C@]3(CCC(=O)[C@H]32)[C@@H](C)[C@@H]1O. The molecule has 0 spiro atoms. The van der Waals surface area contributed by atoms with Crippen molar-refractivity contribution in [3.63, 3.8) is 0 Å². The first-order valence-electron chi connectivity index (χ1n) is 12.3. The number of rotatable bonds is 6. The van der Waals surface area contributed by atoms with Crippen LogP contribution in [0.5, 0.6) is 0 Å². The molecule has 8 atom stereocenters. The fourth-order valence-corrected chi connectivity index (χ4v) is 8.68. The van der Waals surface area contributed by atoms with Gasteiger partial charge in [0.25, 0.3) is 0 Å². The molecule has 0 amide bonds. The number of aliphatic hydroxyl groups excluding tert-OH is 1. The first-order chi connectivity index (χ1) is 16.0. The van der Waals surface area contributed by atoms with Gasteiger partial charge in [-0.25, -0.2) is 4.98 Å². The summed E-state index contributed by atoms with van der Waals surface area (Å²) in [6.45, 7) is 12.5. The number of aliphatic hydroxyl groups is 1. The molecule has 2 bridgehead atoms. The number of hydrogen-bond donors (Lipinski definition) is 2. The summed E-state index contributed by atoms with van der Waals surface area (Å²) >= 11 is 2.84. The van der Waals surface area contributed by atoms with E-state index in [2.05, 4.69) is 32.3 Å². The van der Waals surface area contributed by atoms with Gasteiger partial charge in [0.05, 0.1) is 17.6 Å². The highest BCUT2D eigenvalue weighted by Gasteiger charge is 2.68. The Morgan fingerprint density at radius 1 is 1.41 bits per heavy atom. The van der Waals surface area contributed by atoms with Crippen molar-refractivity contribution >= 4 is 40.0 Å². The van der Waals surface area contributed by atoms with Crippen LogP contribution in [0.4, 0.5) is 5.13 Å². The van der Waals surface area contributed by atoms with Crippen molar-refractivity contribution in [1.82, 2.24) is 4.98 Å². The van der Waals surface area contributed by atoms with Gasteiger partial charge in [-0.3, -0.25) is 9.59 Å². The van der Waals surface area contributed by atoms with Gasteiger partial charge in [-0.15, -0.1) is 29.7 Å². The van der Waals surface area contributed by atoms with Crippen LogP contribution in [0.3, 0.4) is 0 Å². The largest absolute Gasteiger partial charge is 0.461 e. The van der Waals surface area contributed by atoms with Crippen molar-refractivity contribution in [2.75, 3.05) is 11.5 Å². The molecule has 0 saturated heterocycles. The zero-order chi connectivity index (χ0) is 24.9. The van der Waals surface area contributed by atoms with Gasteiger partial charge >= 0.3 is 5.97 Å². The summed E-state index contributed by atoms with van der Waals surface area (Å²) in [5.41, 5.74) is 5.21. The minimum atomic E-state index is -0.651. The van der Waals surface area contributed by atoms with Gasteiger partial charge in [-0.1, -0.05) is 33.8 Å². The third-order valence-electron chi connectivity index (χ3n) is 9.61. The number of esters is 1. The lowest BCUT2D eigenvalue weighted by molar-refractivity contribution is -0.205. The zero-order valence-corrected chi connectivity index (χ0v) is 22.3. The van der Waals surface area contributed by atoms with Crippen molar-refractivity contribution in [1.29, 1.82) is 0 Å². The maximum absolute atomic E-state index is 13.4. The Morgan fingerprint density at radius 2 is 2.15 bits per heavy atom. The van der Waals surface area contributed by atoms with Crippen LogP contribution >= 0.6 is 23.1 Å². The molecule has 0 radical (unpaired) electrons. The van der Waals surface area contributed by atoms with Crippen LogP contribution in [0.25, 0.3) is 0 Å². The smallest absolute Gasteiger partial charge is 0.316 e. The van der Waals surface area contributed by atoms with Crippen LogP contribution < -0.4 is 5.73 Å². The summed E-state index contributed by atoms with van der Waals surface area (Å²) in [5.74, 6) is 0.766. The van der Waals surface area contributed by atoms with Crippen LogP contribution in [0, 0.1) is 34.0 Å². The Balaban J connectivity index is 1.63. The van der Waals surface area contributed by atoms with Crippen LogP contribution in [0.2, 0.25) is 0 Å². The Bertz CT molecular complexity index is 966. The van der Waals surface area contributed by atoms with Crippen LogP contribution in [0.15, 0.2) is 18.0 Å². The van der Waals surface area contributed by atoms with Gasteiger partial charge in [0, 0.05) is 34.3 Å². The molecule has 4 rings (SSSR count). The molecule has 188 valence electrons. The summed E-state index contributed by atoms with van der Waals surface area (Å²) in [6, 6.07) is 0. The van der Waals surface area contributed by atoms with Gasteiger partial charge in [0.15, 0.2) is 5.13 Å². The van der Waals surface area contributed by atoms with E-state index in [0.29, 0.717) is 23.7 Å². The standard InChI is InChI=1S/C26H38N2O4S2/c1-6-24(4)11-19(32-20(30)14-33-12-17-13-34-23(27)28-17)25(5)15(2)7-9-26(16(3)22(24)31)10-8-18(29)21(25)26/h6,13,15-16,19,21-22,31H,1,7-12,14H2,2-5H3,(H2,27,28)/t15?,16-,19+,21-,22-,24+,25-,26-/m0/s1. The van der Waals surface area contributed by atoms with Crippen LogP contribution in [-0.2, 0) is 20.1 Å². The summed E-state index contributed by atoms with van der Waals surface area (Å²) in [7, 11) is 0. The normalized spacial score (nSPS) is 41.9. The van der Waals surface area contributed by atoms with E-state index in [0.717, 1.165) is 25.0 Å². The lowest BCUT2D eigenvalue weighted by Gasteiger charge is -2.61. The number of hydrogen-bond acceptors (Lipinski definition) is 8. The Kier molecular flexibility index (Phi) is 6.99. The van der Waals surface area contributed by atoms with E-state index in [4.69, 9.17) is 10.5 Å². The van der Waals surface area contributed by atoms with Gasteiger partial charge in [-0.05, 0) is 42.9 Å². The van der Waals surface area contributed by atoms with E-state index in [1.807, 2.05) is 18.4 Å². The fourth-order valence-electron chi connectivity index (χ4n) is 7.32. The number of Topliss-reactive ketones (excluding diaryl/α,β-unsaturated/α-hetero) is 1. The molecule has 1 aromatic heterocycles. The minimum Gasteiger partial charge on any atom is -0.461 e. The molecule has 0 aromatic carbocycles. The molecular formula is C26H38N2O4S2. The summed E-state index contributed by atoms with van der Waals surface area (Å²) in [6.07, 6.45) is 4.41. The Labute approximate surface area is 211 Å². The number of ether oxygens (including phenoxy) is 1. The summed E-state index contributed by atoms with van der Waals surface area (Å²) in [5, 5.41) is 14.0. The number of nitrogens with zero attached hydrogens (tertiary/aromatic N) is 1. The number of aromatic nitrogens is 1. The average Bonchev–Trinajstić information content (AvgIpc) is 3.38. The fraction of sp³-hybridized carbons (Fsp3) is 0.731. The number of nitrogen functional groups attached to an aromatic ring is 1. The van der Waals surface area contributed by atoms with E-state index in [9.17, 15) is 14.7 Å². The molecule has 1 aromatic rings.